The first kappa shape index (κ1) is 28.9. The van der Waals surface area contributed by atoms with Gasteiger partial charge in [0.1, 0.15) is 12.1 Å². The molecule has 3 atom stereocenters. The van der Waals surface area contributed by atoms with Crippen molar-refractivity contribution in [1.29, 1.82) is 0 Å². The summed E-state index contributed by atoms with van der Waals surface area (Å²) in [4.78, 5) is 55.0. The number of halogens is 4. The Morgan fingerprint density at radius 1 is 1.23 bits per heavy atom. The molecule has 3 aliphatic rings. The van der Waals surface area contributed by atoms with Crippen LogP contribution in [0.3, 0.4) is 0 Å². The number of benzene rings is 1. The molecule has 1 saturated carbocycles. The Bertz CT molecular complexity index is 1160. The number of amides is 5. The van der Waals surface area contributed by atoms with Gasteiger partial charge in [0.2, 0.25) is 17.7 Å². The van der Waals surface area contributed by atoms with Crippen molar-refractivity contribution in [2.75, 3.05) is 31.5 Å². The van der Waals surface area contributed by atoms with Crippen molar-refractivity contribution in [3.8, 4) is 0 Å². The van der Waals surface area contributed by atoms with E-state index in [0.29, 0.717) is 19.5 Å². The summed E-state index contributed by atoms with van der Waals surface area (Å²) < 4.78 is 38.9. The number of carbonyl (C=O) groups excluding carboxylic acids is 4. The smallest absolute Gasteiger partial charge is 0.393 e. The number of aliphatic hydroxyl groups is 1. The van der Waals surface area contributed by atoms with Crippen molar-refractivity contribution >= 4 is 41.0 Å². The van der Waals surface area contributed by atoms with E-state index >= 15 is 0 Å². The van der Waals surface area contributed by atoms with E-state index < -0.39 is 46.7 Å². The summed E-state index contributed by atoms with van der Waals surface area (Å²) in [5.74, 6) is -1.44. The number of urea groups is 1. The molecule has 3 fully saturated rings. The molecule has 14 heteroatoms. The quantitative estimate of drug-likeness (QED) is 0.480. The minimum absolute atomic E-state index is 0.0194. The predicted molar refractivity (Wildman–Crippen MR) is 134 cm³/mol. The van der Waals surface area contributed by atoms with Crippen LogP contribution in [0.2, 0.25) is 5.02 Å². The van der Waals surface area contributed by atoms with Gasteiger partial charge in [0.05, 0.1) is 23.2 Å². The maximum Gasteiger partial charge on any atom is 0.417 e. The molecule has 0 bridgehead atoms. The fourth-order valence-electron chi connectivity index (χ4n) is 5.38. The molecule has 4 rings (SSSR count). The van der Waals surface area contributed by atoms with Crippen molar-refractivity contribution in [1.82, 2.24) is 14.7 Å². The fourth-order valence-corrected chi connectivity index (χ4v) is 5.67. The zero-order chi connectivity index (χ0) is 28.7. The van der Waals surface area contributed by atoms with Crippen LogP contribution in [0.1, 0.15) is 44.6 Å². The van der Waals surface area contributed by atoms with E-state index in [-0.39, 0.29) is 42.6 Å². The third-order valence-electron chi connectivity index (χ3n) is 8.02. The van der Waals surface area contributed by atoms with Crippen LogP contribution in [-0.2, 0) is 20.6 Å². The third-order valence-corrected chi connectivity index (χ3v) is 8.33. The molecule has 5 amide bonds. The molecular formula is C25H31ClF3N5O5. The highest BCUT2D eigenvalue weighted by atomic mass is 35.5. The molecule has 1 aromatic carbocycles. The van der Waals surface area contributed by atoms with E-state index in [1.165, 1.54) is 11.8 Å². The van der Waals surface area contributed by atoms with Gasteiger partial charge in [-0.2, -0.15) is 13.2 Å². The van der Waals surface area contributed by atoms with Crippen molar-refractivity contribution in [2.45, 2.75) is 63.4 Å². The van der Waals surface area contributed by atoms with Gasteiger partial charge >= 0.3 is 12.2 Å². The van der Waals surface area contributed by atoms with Crippen LogP contribution in [0.15, 0.2) is 18.2 Å². The highest BCUT2D eigenvalue weighted by molar-refractivity contribution is 6.31. The van der Waals surface area contributed by atoms with Gasteiger partial charge in [-0.05, 0) is 50.8 Å². The number of rotatable bonds is 6. The second kappa shape index (κ2) is 10.8. The van der Waals surface area contributed by atoms with Crippen LogP contribution >= 0.6 is 11.6 Å². The number of primary amides is 1. The summed E-state index contributed by atoms with van der Waals surface area (Å²) in [5, 5.41) is 11.6. The van der Waals surface area contributed by atoms with E-state index in [1.54, 1.807) is 4.90 Å². The van der Waals surface area contributed by atoms with Crippen LogP contribution < -0.4 is 11.1 Å². The normalized spacial score (nSPS) is 24.6. The lowest BCUT2D eigenvalue weighted by molar-refractivity contribution is -0.148. The van der Waals surface area contributed by atoms with E-state index in [1.807, 2.05) is 0 Å². The Kier molecular flexibility index (Phi) is 8.04. The summed E-state index contributed by atoms with van der Waals surface area (Å²) >= 11 is 5.72. The number of piperidine rings is 1. The zero-order valence-corrected chi connectivity index (χ0v) is 22.1. The number of alkyl halides is 3. The van der Waals surface area contributed by atoms with Crippen LogP contribution in [-0.4, -0.2) is 87.9 Å². The number of nitrogens with two attached hydrogens (primary N) is 1. The molecule has 4 N–H and O–H groups in total. The monoisotopic (exact) mass is 573 g/mol. The van der Waals surface area contributed by atoms with Gasteiger partial charge in [-0.15, -0.1) is 0 Å². The minimum atomic E-state index is -4.66. The summed E-state index contributed by atoms with van der Waals surface area (Å²) in [6.45, 7) is 2.48. The molecule has 1 aromatic rings. The molecule has 10 nitrogen and oxygen atoms in total. The topological polar surface area (TPSA) is 136 Å². The van der Waals surface area contributed by atoms with Crippen LogP contribution in [0, 0.1) is 5.41 Å². The predicted octanol–water partition coefficient (Wildman–Crippen LogP) is 2.43. The summed E-state index contributed by atoms with van der Waals surface area (Å²) in [6.07, 6.45) is -2.16. The Morgan fingerprint density at radius 3 is 2.41 bits per heavy atom. The molecule has 214 valence electrons. The summed E-state index contributed by atoms with van der Waals surface area (Å²) in [7, 11) is 0. The van der Waals surface area contributed by atoms with Crippen molar-refractivity contribution in [3.63, 3.8) is 0 Å². The van der Waals surface area contributed by atoms with Gasteiger partial charge in [0, 0.05) is 37.2 Å². The van der Waals surface area contributed by atoms with Crippen molar-refractivity contribution in [2.24, 2.45) is 11.1 Å². The minimum Gasteiger partial charge on any atom is -0.393 e. The molecule has 1 spiro atoms. The van der Waals surface area contributed by atoms with Crippen molar-refractivity contribution < 1.29 is 37.5 Å². The van der Waals surface area contributed by atoms with Crippen LogP contribution in [0.25, 0.3) is 0 Å². The highest BCUT2D eigenvalue weighted by Gasteiger charge is 2.54. The molecule has 2 saturated heterocycles. The third kappa shape index (κ3) is 6.08. The van der Waals surface area contributed by atoms with Crippen molar-refractivity contribution in [3.05, 3.63) is 28.8 Å². The molecule has 2 heterocycles. The average molecular weight is 574 g/mol. The zero-order valence-electron chi connectivity index (χ0n) is 21.3. The number of hydrogen-bond acceptors (Lipinski definition) is 5. The number of anilines is 1. The molecule has 1 aliphatic carbocycles. The Balaban J connectivity index is 1.33. The first-order valence-corrected chi connectivity index (χ1v) is 13.1. The maximum atomic E-state index is 13.1. The maximum absolute atomic E-state index is 13.1. The number of nitrogens with one attached hydrogen (secondary N) is 1. The summed E-state index contributed by atoms with van der Waals surface area (Å²) in [5.41, 5.74) is 4.43. The Labute approximate surface area is 228 Å². The number of carbonyl (C=O) groups is 4. The van der Waals surface area contributed by atoms with Gasteiger partial charge < -0.3 is 30.9 Å². The number of nitrogens with zero attached hydrogens (tertiary/aromatic N) is 3. The standard InChI is InChI=1S/C25H31ClF3N5O5/c1-14-22(38)33(8-2-3-20(36)32-9-6-24(7-10-32)12-19(24)35)18(21(30)37)13-34(14)23(39)31-15-4-5-16(17(26)11-15)25(27,28)29/h4-5,11,14,18-19,35H,2-3,6-10,12-13H2,1H3,(H2,30,37)(H,31,39)/t14-,18-,19-/m0/s1. The molecule has 2 aliphatic heterocycles. The molecule has 0 aromatic heterocycles. The first-order chi connectivity index (χ1) is 18.2. The van der Waals surface area contributed by atoms with E-state index in [9.17, 15) is 37.5 Å². The first-order valence-electron chi connectivity index (χ1n) is 12.7. The molecule has 39 heavy (non-hydrogen) atoms. The van der Waals surface area contributed by atoms with Crippen LogP contribution in [0.4, 0.5) is 23.7 Å². The number of hydrogen-bond donors (Lipinski definition) is 3. The summed E-state index contributed by atoms with van der Waals surface area (Å²) in [6, 6.07) is -0.234. The van der Waals surface area contributed by atoms with Gasteiger partial charge in [0.25, 0.3) is 0 Å². The molecule has 0 unspecified atom stereocenters. The number of likely N-dealkylation sites (tertiary alicyclic amines) is 1. The van der Waals surface area contributed by atoms with Gasteiger partial charge in [-0.3, -0.25) is 14.4 Å². The molecule has 0 radical (unpaired) electrons. The lowest BCUT2D eigenvalue weighted by atomic mass is 9.93. The van der Waals surface area contributed by atoms with Gasteiger partial charge in [-0.25, -0.2) is 4.79 Å². The second-order valence-corrected chi connectivity index (χ2v) is 10.9. The Morgan fingerprint density at radius 2 is 1.87 bits per heavy atom. The second-order valence-electron chi connectivity index (χ2n) is 10.5. The van der Waals surface area contributed by atoms with E-state index in [0.717, 1.165) is 42.4 Å². The van der Waals surface area contributed by atoms with E-state index in [2.05, 4.69) is 5.32 Å². The number of aliphatic hydroxyl groups excluding tert-OH is 1. The number of piperazine rings is 1. The Hall–Kier alpha value is -3.06. The lowest BCUT2D eigenvalue weighted by Gasteiger charge is -2.43. The lowest BCUT2D eigenvalue weighted by Crippen LogP contribution is -2.66. The SMILES string of the molecule is C[C@H]1C(=O)N(CCCC(=O)N2CCC3(CC2)C[C@@H]3O)[C@H](C(N)=O)CN1C(=O)Nc1ccc(C(F)(F)F)c(Cl)c1. The fraction of sp³-hybridized carbons (Fsp3) is 0.600. The van der Waals surface area contributed by atoms with Gasteiger partial charge in [-0.1, -0.05) is 11.6 Å². The van der Waals surface area contributed by atoms with Gasteiger partial charge in [0.15, 0.2) is 0 Å². The van der Waals surface area contributed by atoms with E-state index in [4.69, 9.17) is 17.3 Å². The van der Waals surface area contributed by atoms with Crippen LogP contribution in [0.5, 0.6) is 0 Å². The largest absolute Gasteiger partial charge is 0.417 e. The average Bonchev–Trinajstić information content (AvgIpc) is 3.48. The highest BCUT2D eigenvalue weighted by Crippen LogP contribution is 2.53. The molecular weight excluding hydrogens is 543 g/mol.